The first-order valence-corrected chi connectivity index (χ1v) is 8.58. The van der Waals surface area contributed by atoms with Crippen LogP contribution < -0.4 is 15.2 Å². The Morgan fingerprint density at radius 2 is 1.73 bits per heavy atom. The molecule has 0 radical (unpaired) electrons. The number of hydrogen-bond acceptors (Lipinski definition) is 5. The molecule has 1 aliphatic carbocycles. The van der Waals surface area contributed by atoms with Gasteiger partial charge in [0.15, 0.2) is 21.3 Å². The van der Waals surface area contributed by atoms with Crippen LogP contribution in [0.15, 0.2) is 53.4 Å². The molecule has 5 nitrogen and oxygen atoms in total. The molecule has 2 aromatic rings. The van der Waals surface area contributed by atoms with Crippen molar-refractivity contribution in [3.8, 4) is 11.5 Å². The van der Waals surface area contributed by atoms with Crippen LogP contribution in [-0.2, 0) is 9.84 Å². The molecule has 0 bridgehead atoms. The summed E-state index contributed by atoms with van der Waals surface area (Å²) in [5.41, 5.74) is 6.94. The first-order chi connectivity index (χ1) is 10.6. The minimum atomic E-state index is -3.42. The molecule has 2 N–H and O–H groups in total. The second kappa shape index (κ2) is 4.72. The number of benzene rings is 2. The molecule has 22 heavy (non-hydrogen) atoms. The molecule has 114 valence electrons. The number of sulfone groups is 1. The topological polar surface area (TPSA) is 78.6 Å². The van der Waals surface area contributed by atoms with Gasteiger partial charge in [0.2, 0.25) is 6.79 Å². The Morgan fingerprint density at radius 3 is 2.50 bits per heavy atom. The second-order valence-electron chi connectivity index (χ2n) is 5.54. The third-order valence-electron chi connectivity index (χ3n) is 4.22. The summed E-state index contributed by atoms with van der Waals surface area (Å²) in [5.74, 6) is 1.12. The van der Waals surface area contributed by atoms with Gasteiger partial charge in [-0.3, -0.25) is 0 Å². The van der Waals surface area contributed by atoms with E-state index in [0.29, 0.717) is 16.4 Å². The average Bonchev–Trinajstić information content (AvgIpc) is 3.01. The van der Waals surface area contributed by atoms with Crippen molar-refractivity contribution in [2.45, 2.75) is 22.1 Å². The van der Waals surface area contributed by atoms with E-state index in [9.17, 15) is 8.42 Å². The van der Waals surface area contributed by atoms with E-state index in [1.807, 2.05) is 12.1 Å². The summed E-state index contributed by atoms with van der Waals surface area (Å²) in [5, 5.41) is -0.588. The van der Waals surface area contributed by atoms with Gasteiger partial charge in [-0.05, 0) is 29.8 Å². The van der Waals surface area contributed by atoms with Crippen LogP contribution in [0, 0.1) is 0 Å². The Kier molecular flexibility index (Phi) is 2.92. The van der Waals surface area contributed by atoms with Crippen molar-refractivity contribution in [2.75, 3.05) is 6.79 Å². The van der Waals surface area contributed by atoms with Crippen molar-refractivity contribution in [1.82, 2.24) is 0 Å². The van der Waals surface area contributed by atoms with Crippen molar-refractivity contribution < 1.29 is 17.9 Å². The fourth-order valence-electron chi connectivity index (χ4n) is 3.00. The molecule has 4 rings (SSSR count). The van der Waals surface area contributed by atoms with E-state index in [4.69, 9.17) is 15.2 Å². The molecule has 2 aromatic carbocycles. The standard InChI is InChI=1S/C16H15NO4S/c17-15-14(10-6-7-12-13(8-10)21-9-20-12)16(15)22(18,19)11-4-2-1-3-5-11/h1-8,14-16H,9,17H2/t14-,15+,16-/m0/s1. The molecule has 0 unspecified atom stereocenters. The maximum atomic E-state index is 12.7. The predicted molar refractivity (Wildman–Crippen MR) is 80.7 cm³/mol. The van der Waals surface area contributed by atoms with Crippen LogP contribution in [-0.4, -0.2) is 26.5 Å². The Morgan fingerprint density at radius 1 is 1.00 bits per heavy atom. The maximum absolute atomic E-state index is 12.7. The fourth-order valence-corrected chi connectivity index (χ4v) is 5.07. The Hall–Kier alpha value is -2.05. The van der Waals surface area contributed by atoms with Crippen molar-refractivity contribution >= 4 is 9.84 Å². The van der Waals surface area contributed by atoms with Gasteiger partial charge in [-0.2, -0.15) is 0 Å². The van der Waals surface area contributed by atoms with Crippen LogP contribution in [0.25, 0.3) is 0 Å². The molecule has 0 aromatic heterocycles. The lowest BCUT2D eigenvalue weighted by atomic mass is 10.1. The normalized spacial score (nSPS) is 26.0. The molecule has 1 fully saturated rings. The van der Waals surface area contributed by atoms with Gasteiger partial charge in [-0.25, -0.2) is 8.42 Å². The van der Waals surface area contributed by atoms with Gasteiger partial charge in [-0.15, -0.1) is 0 Å². The van der Waals surface area contributed by atoms with Gasteiger partial charge in [0.1, 0.15) is 0 Å². The van der Waals surface area contributed by atoms with E-state index < -0.39 is 21.1 Å². The third-order valence-corrected chi connectivity index (χ3v) is 6.47. The van der Waals surface area contributed by atoms with Crippen LogP contribution >= 0.6 is 0 Å². The summed E-state index contributed by atoms with van der Waals surface area (Å²) in [7, 11) is -3.42. The van der Waals surface area contributed by atoms with Gasteiger partial charge < -0.3 is 15.2 Å². The van der Waals surface area contributed by atoms with Gasteiger partial charge in [0.05, 0.1) is 10.1 Å². The Bertz CT molecular complexity index is 819. The average molecular weight is 317 g/mol. The summed E-state index contributed by atoms with van der Waals surface area (Å²) in [6, 6.07) is 13.5. The molecule has 1 aliphatic heterocycles. The molecule has 0 amide bonds. The van der Waals surface area contributed by atoms with E-state index in [1.54, 1.807) is 36.4 Å². The van der Waals surface area contributed by atoms with Gasteiger partial charge in [-0.1, -0.05) is 24.3 Å². The zero-order valence-electron chi connectivity index (χ0n) is 11.7. The van der Waals surface area contributed by atoms with Gasteiger partial charge >= 0.3 is 0 Å². The first-order valence-electron chi connectivity index (χ1n) is 7.03. The molecular formula is C16H15NO4S. The van der Waals surface area contributed by atoms with Crippen molar-refractivity contribution in [2.24, 2.45) is 5.73 Å². The van der Waals surface area contributed by atoms with Crippen LogP contribution in [0.2, 0.25) is 0 Å². The zero-order valence-corrected chi connectivity index (χ0v) is 12.5. The van der Waals surface area contributed by atoms with Crippen LogP contribution in [0.1, 0.15) is 11.5 Å². The summed E-state index contributed by atoms with van der Waals surface area (Å²) in [6.07, 6.45) is 0. The van der Waals surface area contributed by atoms with Crippen molar-refractivity contribution in [3.05, 3.63) is 54.1 Å². The lowest BCUT2D eigenvalue weighted by Gasteiger charge is -2.04. The minimum Gasteiger partial charge on any atom is -0.454 e. The van der Waals surface area contributed by atoms with Crippen LogP contribution in [0.3, 0.4) is 0 Å². The van der Waals surface area contributed by atoms with Gasteiger partial charge in [0.25, 0.3) is 0 Å². The lowest BCUT2D eigenvalue weighted by Crippen LogP contribution is -2.15. The van der Waals surface area contributed by atoms with E-state index in [-0.39, 0.29) is 12.7 Å². The third kappa shape index (κ3) is 1.99. The lowest BCUT2D eigenvalue weighted by molar-refractivity contribution is 0.174. The maximum Gasteiger partial charge on any atom is 0.231 e. The number of fused-ring (bicyclic) bond motifs is 1. The monoisotopic (exact) mass is 317 g/mol. The van der Waals surface area contributed by atoms with E-state index in [1.165, 1.54) is 0 Å². The second-order valence-corrected chi connectivity index (χ2v) is 7.64. The molecule has 0 saturated heterocycles. The molecule has 2 aliphatic rings. The summed E-state index contributed by atoms with van der Waals surface area (Å²) >= 11 is 0. The zero-order chi connectivity index (χ0) is 15.3. The highest BCUT2D eigenvalue weighted by Crippen LogP contribution is 2.49. The summed E-state index contributed by atoms with van der Waals surface area (Å²) in [4.78, 5) is 0.318. The number of rotatable bonds is 3. The molecule has 3 atom stereocenters. The minimum absolute atomic E-state index is 0.196. The van der Waals surface area contributed by atoms with E-state index in [0.717, 1.165) is 5.56 Å². The van der Waals surface area contributed by atoms with Crippen molar-refractivity contribution in [3.63, 3.8) is 0 Å². The fraction of sp³-hybridized carbons (Fsp3) is 0.250. The largest absolute Gasteiger partial charge is 0.454 e. The highest BCUT2D eigenvalue weighted by Gasteiger charge is 2.57. The molecular weight excluding hydrogens is 302 g/mol. The molecule has 1 saturated carbocycles. The quantitative estimate of drug-likeness (QED) is 0.932. The Labute approximate surface area is 128 Å². The van der Waals surface area contributed by atoms with Gasteiger partial charge in [0, 0.05) is 12.0 Å². The smallest absolute Gasteiger partial charge is 0.231 e. The Balaban J connectivity index is 1.66. The highest BCUT2D eigenvalue weighted by atomic mass is 32.2. The van der Waals surface area contributed by atoms with Crippen LogP contribution in [0.5, 0.6) is 11.5 Å². The first kappa shape index (κ1) is 13.6. The number of hydrogen-bond donors (Lipinski definition) is 1. The summed E-state index contributed by atoms with van der Waals surface area (Å²) < 4.78 is 36.0. The number of ether oxygens (including phenoxy) is 2. The molecule has 0 spiro atoms. The van der Waals surface area contributed by atoms with E-state index in [2.05, 4.69) is 0 Å². The molecule has 1 heterocycles. The number of nitrogens with two attached hydrogens (primary N) is 1. The predicted octanol–water partition coefficient (Wildman–Crippen LogP) is 1.68. The highest BCUT2D eigenvalue weighted by molar-refractivity contribution is 7.92. The molecule has 6 heteroatoms. The van der Waals surface area contributed by atoms with E-state index >= 15 is 0 Å². The van der Waals surface area contributed by atoms with Crippen molar-refractivity contribution in [1.29, 1.82) is 0 Å². The SMILES string of the molecule is N[C@@H]1[C@H](c2ccc3c(c2)OCO3)[C@@H]1S(=O)(=O)c1ccccc1. The summed E-state index contributed by atoms with van der Waals surface area (Å²) in [6.45, 7) is 0.196. The van der Waals surface area contributed by atoms with Crippen LogP contribution in [0.4, 0.5) is 0 Å².